The summed E-state index contributed by atoms with van der Waals surface area (Å²) in [6.45, 7) is 2.33. The van der Waals surface area contributed by atoms with E-state index in [0.717, 1.165) is 10.4 Å². The Kier molecular flexibility index (Phi) is 4.90. The molecule has 1 aliphatic carbocycles. The summed E-state index contributed by atoms with van der Waals surface area (Å²) >= 11 is 3.52. The molecule has 1 nitrogen and oxygen atoms in total. The number of nitrogens with one attached hydrogen (secondary N) is 1. The van der Waals surface area contributed by atoms with E-state index >= 15 is 0 Å². The Morgan fingerprint density at radius 1 is 1.24 bits per heavy atom. The molecule has 0 spiro atoms. The van der Waals surface area contributed by atoms with E-state index in [2.05, 4.69) is 52.4 Å². The highest BCUT2D eigenvalue weighted by molar-refractivity contribution is 9.10. The maximum atomic E-state index is 3.68. The van der Waals surface area contributed by atoms with Crippen molar-refractivity contribution < 1.29 is 0 Å². The summed E-state index contributed by atoms with van der Waals surface area (Å²) in [5.74, 6) is 0.962. The monoisotopic (exact) mass is 295 g/mol. The van der Waals surface area contributed by atoms with Crippen LogP contribution in [0.5, 0.6) is 0 Å². The molecule has 1 aromatic carbocycles. The van der Waals surface area contributed by atoms with E-state index in [4.69, 9.17) is 0 Å². The molecule has 2 rings (SSSR count). The van der Waals surface area contributed by atoms with Crippen molar-refractivity contribution in [3.05, 3.63) is 28.7 Å². The van der Waals surface area contributed by atoms with Crippen LogP contribution in [-0.2, 0) is 0 Å². The molecule has 1 aromatic rings. The van der Waals surface area contributed by atoms with Crippen molar-refractivity contribution in [1.29, 1.82) is 0 Å². The van der Waals surface area contributed by atoms with Crippen LogP contribution in [0.15, 0.2) is 28.7 Å². The Labute approximate surface area is 113 Å². The molecular weight excluding hydrogens is 274 g/mol. The Hall–Kier alpha value is -0.500. The van der Waals surface area contributed by atoms with Gasteiger partial charge in [-0.2, -0.15) is 0 Å². The third-order valence-corrected chi connectivity index (χ3v) is 4.35. The summed E-state index contributed by atoms with van der Waals surface area (Å²) in [4.78, 5) is 0. The molecule has 1 aliphatic rings. The molecule has 0 aliphatic heterocycles. The van der Waals surface area contributed by atoms with Crippen LogP contribution in [0.2, 0.25) is 0 Å². The lowest BCUT2D eigenvalue weighted by atomic mass is 9.98. The number of hydrogen-bond acceptors (Lipinski definition) is 1. The van der Waals surface area contributed by atoms with Crippen LogP contribution in [-0.4, -0.2) is 6.04 Å². The highest BCUT2D eigenvalue weighted by Gasteiger charge is 2.17. The zero-order valence-corrected chi connectivity index (χ0v) is 12.2. The third-order valence-electron chi connectivity index (χ3n) is 3.86. The first-order valence-electron chi connectivity index (χ1n) is 6.80. The first kappa shape index (κ1) is 12.9. The van der Waals surface area contributed by atoms with Crippen molar-refractivity contribution in [2.24, 2.45) is 5.92 Å². The zero-order chi connectivity index (χ0) is 12.1. The Morgan fingerprint density at radius 3 is 2.88 bits per heavy atom. The van der Waals surface area contributed by atoms with Gasteiger partial charge in [-0.05, 0) is 43.4 Å². The van der Waals surface area contributed by atoms with Crippen LogP contribution in [0, 0.1) is 5.92 Å². The molecule has 0 heterocycles. The van der Waals surface area contributed by atoms with Crippen molar-refractivity contribution >= 4 is 21.6 Å². The van der Waals surface area contributed by atoms with Crippen LogP contribution in [0.1, 0.15) is 45.4 Å². The van der Waals surface area contributed by atoms with Gasteiger partial charge in [-0.3, -0.25) is 0 Å². The van der Waals surface area contributed by atoms with E-state index in [1.54, 1.807) is 0 Å². The summed E-state index contributed by atoms with van der Waals surface area (Å²) in [7, 11) is 0. The topological polar surface area (TPSA) is 12.0 Å². The molecule has 2 atom stereocenters. The lowest BCUT2D eigenvalue weighted by molar-refractivity contribution is 0.444. The maximum absolute atomic E-state index is 3.68. The maximum Gasteiger partial charge on any atom is 0.0353 e. The molecule has 2 unspecified atom stereocenters. The Bertz CT molecular complexity index is 351. The Balaban J connectivity index is 1.90. The molecule has 1 saturated carbocycles. The molecule has 0 bridgehead atoms. The van der Waals surface area contributed by atoms with Crippen LogP contribution >= 0.6 is 15.9 Å². The summed E-state index contributed by atoms with van der Waals surface area (Å²) in [5.41, 5.74) is 1.25. The quantitative estimate of drug-likeness (QED) is 0.754. The number of halogens is 1. The predicted molar refractivity (Wildman–Crippen MR) is 78.4 cm³/mol. The fourth-order valence-electron chi connectivity index (χ4n) is 2.75. The Morgan fingerprint density at radius 2 is 2.12 bits per heavy atom. The molecule has 2 heteroatoms. The fourth-order valence-corrected chi connectivity index (χ4v) is 3.14. The predicted octanol–water partition coefficient (Wildman–Crippen LogP) is 5.22. The van der Waals surface area contributed by atoms with Gasteiger partial charge in [-0.25, -0.2) is 0 Å². The average Bonchev–Trinajstić information content (AvgIpc) is 2.54. The van der Waals surface area contributed by atoms with Gasteiger partial charge in [0.05, 0.1) is 0 Å². The minimum Gasteiger partial charge on any atom is -0.382 e. The third kappa shape index (κ3) is 4.02. The van der Waals surface area contributed by atoms with Crippen molar-refractivity contribution in [1.82, 2.24) is 0 Å². The number of rotatable bonds is 3. The normalized spacial score (nSPS) is 25.3. The van der Waals surface area contributed by atoms with E-state index in [1.807, 2.05) is 0 Å². The highest BCUT2D eigenvalue weighted by Crippen LogP contribution is 2.27. The molecule has 0 amide bonds. The molecule has 0 radical (unpaired) electrons. The van der Waals surface area contributed by atoms with Gasteiger partial charge in [0.2, 0.25) is 0 Å². The first-order valence-corrected chi connectivity index (χ1v) is 7.59. The van der Waals surface area contributed by atoms with Gasteiger partial charge in [0.15, 0.2) is 0 Å². The second kappa shape index (κ2) is 6.44. The summed E-state index contributed by atoms with van der Waals surface area (Å²) in [6, 6.07) is 9.17. The summed E-state index contributed by atoms with van der Waals surface area (Å²) < 4.78 is 1.16. The molecule has 1 fully saturated rings. The second-order valence-electron chi connectivity index (χ2n) is 5.13. The minimum atomic E-state index is 0.667. The molecule has 17 heavy (non-hydrogen) atoms. The van der Waals surface area contributed by atoms with Gasteiger partial charge in [0.25, 0.3) is 0 Å². The lowest BCUT2D eigenvalue weighted by Gasteiger charge is -2.18. The van der Waals surface area contributed by atoms with Crippen molar-refractivity contribution in [2.75, 3.05) is 5.32 Å². The lowest BCUT2D eigenvalue weighted by Crippen LogP contribution is -2.18. The molecule has 1 N–H and O–H groups in total. The summed E-state index contributed by atoms with van der Waals surface area (Å²) in [5, 5.41) is 3.68. The molecule has 94 valence electrons. The smallest absolute Gasteiger partial charge is 0.0353 e. The van der Waals surface area contributed by atoms with Crippen LogP contribution in [0.4, 0.5) is 5.69 Å². The zero-order valence-electron chi connectivity index (χ0n) is 10.6. The van der Waals surface area contributed by atoms with Gasteiger partial charge in [0.1, 0.15) is 0 Å². The molecule has 0 aromatic heterocycles. The van der Waals surface area contributed by atoms with E-state index in [-0.39, 0.29) is 0 Å². The van der Waals surface area contributed by atoms with Crippen LogP contribution in [0.25, 0.3) is 0 Å². The van der Waals surface area contributed by atoms with Crippen molar-refractivity contribution in [2.45, 2.75) is 51.5 Å². The molecular formula is C15H22BrN. The van der Waals surface area contributed by atoms with E-state index in [1.165, 1.54) is 44.2 Å². The summed E-state index contributed by atoms with van der Waals surface area (Å²) in [6.07, 6.45) is 8.19. The second-order valence-corrected chi connectivity index (χ2v) is 6.05. The highest BCUT2D eigenvalue weighted by atomic mass is 79.9. The number of anilines is 1. The van der Waals surface area contributed by atoms with Gasteiger partial charge < -0.3 is 5.32 Å². The molecule has 0 saturated heterocycles. The minimum absolute atomic E-state index is 0.667. The van der Waals surface area contributed by atoms with Crippen molar-refractivity contribution in [3.8, 4) is 0 Å². The SMILES string of the molecule is CCC1CCCC(Nc2cccc(Br)c2)CC1. The standard InChI is InChI=1S/C15H22BrN/c1-2-12-5-3-7-14(10-9-12)17-15-8-4-6-13(16)11-15/h4,6,8,11-12,14,17H,2-3,5,7,9-10H2,1H3. The van der Waals surface area contributed by atoms with E-state index in [9.17, 15) is 0 Å². The van der Waals surface area contributed by atoms with Gasteiger partial charge in [-0.1, -0.05) is 48.2 Å². The first-order chi connectivity index (χ1) is 8.28. The van der Waals surface area contributed by atoms with Gasteiger partial charge >= 0.3 is 0 Å². The van der Waals surface area contributed by atoms with Crippen LogP contribution < -0.4 is 5.32 Å². The number of benzene rings is 1. The fraction of sp³-hybridized carbons (Fsp3) is 0.600. The van der Waals surface area contributed by atoms with Crippen LogP contribution in [0.3, 0.4) is 0 Å². The van der Waals surface area contributed by atoms with Gasteiger partial charge in [-0.15, -0.1) is 0 Å². The number of hydrogen-bond donors (Lipinski definition) is 1. The van der Waals surface area contributed by atoms with Gasteiger partial charge in [0, 0.05) is 16.2 Å². The average molecular weight is 296 g/mol. The van der Waals surface area contributed by atoms with E-state index < -0.39 is 0 Å². The largest absolute Gasteiger partial charge is 0.382 e. The van der Waals surface area contributed by atoms with E-state index in [0.29, 0.717) is 6.04 Å². The van der Waals surface area contributed by atoms with Crippen molar-refractivity contribution in [3.63, 3.8) is 0 Å².